The molecule has 4 heteroatoms. The van der Waals surface area contributed by atoms with Crippen LogP contribution in [0.3, 0.4) is 0 Å². The van der Waals surface area contributed by atoms with Gasteiger partial charge in [-0.3, -0.25) is 0 Å². The van der Waals surface area contributed by atoms with Crippen molar-refractivity contribution < 1.29 is 8.42 Å². The third-order valence-electron chi connectivity index (χ3n) is 4.60. The Bertz CT molecular complexity index is 795. The van der Waals surface area contributed by atoms with Gasteiger partial charge in [0.15, 0.2) is 0 Å². The molecule has 3 nitrogen and oxygen atoms in total. The van der Waals surface area contributed by atoms with E-state index in [9.17, 15) is 8.42 Å². The fourth-order valence-electron chi connectivity index (χ4n) is 2.80. The molecule has 2 aromatic rings. The number of sulfonamides is 1. The van der Waals surface area contributed by atoms with Gasteiger partial charge in [-0.2, -0.15) is 0 Å². The van der Waals surface area contributed by atoms with Crippen molar-refractivity contribution in [3.8, 4) is 0 Å². The third-order valence-corrected chi connectivity index (χ3v) is 6.16. The molecule has 0 saturated carbocycles. The fourth-order valence-corrected chi connectivity index (χ4v) is 4.02. The standard InChI is InChI=1S/C20H27NO2S/c1-6-15(3)18-9-11-19(12-10-18)24(22,23)21-17(5)20-13-14(2)7-8-16(20)4/h7-13,15,17,21H,6H2,1-5H3. The quantitative estimate of drug-likeness (QED) is 0.813. The van der Waals surface area contributed by atoms with Crippen molar-refractivity contribution in [3.05, 3.63) is 64.7 Å². The van der Waals surface area contributed by atoms with Gasteiger partial charge in [0.2, 0.25) is 10.0 Å². The molecule has 0 radical (unpaired) electrons. The fraction of sp³-hybridized carbons (Fsp3) is 0.400. The molecule has 2 rings (SSSR count). The Hall–Kier alpha value is -1.65. The lowest BCUT2D eigenvalue weighted by Gasteiger charge is -2.18. The van der Waals surface area contributed by atoms with Crippen molar-refractivity contribution >= 4 is 10.0 Å². The molecule has 2 unspecified atom stereocenters. The maximum atomic E-state index is 12.7. The van der Waals surface area contributed by atoms with Crippen LogP contribution in [0.2, 0.25) is 0 Å². The molecule has 0 amide bonds. The van der Waals surface area contributed by atoms with Gasteiger partial charge < -0.3 is 0 Å². The normalized spacial score (nSPS) is 14.4. The lowest BCUT2D eigenvalue weighted by molar-refractivity contribution is 0.566. The number of rotatable bonds is 6. The van der Waals surface area contributed by atoms with Crippen molar-refractivity contribution in [2.75, 3.05) is 0 Å². The average molecular weight is 346 g/mol. The molecule has 1 N–H and O–H groups in total. The second-order valence-corrected chi connectivity index (χ2v) is 8.30. The zero-order valence-corrected chi connectivity index (χ0v) is 15.9. The zero-order chi connectivity index (χ0) is 17.9. The molecule has 2 aromatic carbocycles. The minimum Gasteiger partial charge on any atom is -0.207 e. The highest BCUT2D eigenvalue weighted by Crippen LogP contribution is 2.23. The molecular formula is C20H27NO2S. The van der Waals surface area contributed by atoms with Crippen LogP contribution in [0.5, 0.6) is 0 Å². The molecule has 130 valence electrons. The molecule has 0 aliphatic heterocycles. The minimum atomic E-state index is -3.54. The maximum Gasteiger partial charge on any atom is 0.241 e. The highest BCUT2D eigenvalue weighted by atomic mass is 32.2. The minimum absolute atomic E-state index is 0.274. The lowest BCUT2D eigenvalue weighted by Crippen LogP contribution is -2.27. The van der Waals surface area contributed by atoms with E-state index in [0.29, 0.717) is 10.8 Å². The molecule has 0 aliphatic carbocycles. The van der Waals surface area contributed by atoms with Crippen molar-refractivity contribution in [2.24, 2.45) is 0 Å². The first-order valence-electron chi connectivity index (χ1n) is 8.44. The van der Waals surface area contributed by atoms with Crippen LogP contribution in [0.4, 0.5) is 0 Å². The topological polar surface area (TPSA) is 46.2 Å². The van der Waals surface area contributed by atoms with Gasteiger partial charge in [0.05, 0.1) is 4.90 Å². The number of hydrogen-bond acceptors (Lipinski definition) is 2. The molecule has 0 saturated heterocycles. The van der Waals surface area contributed by atoms with Crippen LogP contribution in [0, 0.1) is 13.8 Å². The summed E-state index contributed by atoms with van der Waals surface area (Å²) in [4.78, 5) is 0.312. The van der Waals surface area contributed by atoms with Crippen LogP contribution in [0.25, 0.3) is 0 Å². The molecule has 0 aliphatic rings. The summed E-state index contributed by atoms with van der Waals surface area (Å²) < 4.78 is 28.1. The van der Waals surface area contributed by atoms with Crippen LogP contribution >= 0.6 is 0 Å². The highest BCUT2D eigenvalue weighted by molar-refractivity contribution is 7.89. The van der Waals surface area contributed by atoms with E-state index in [4.69, 9.17) is 0 Å². The predicted molar refractivity (Wildman–Crippen MR) is 99.8 cm³/mol. The Morgan fingerprint density at radius 1 is 1.00 bits per heavy atom. The summed E-state index contributed by atoms with van der Waals surface area (Å²) in [5, 5.41) is 0. The summed E-state index contributed by atoms with van der Waals surface area (Å²) in [6.45, 7) is 10.2. The van der Waals surface area contributed by atoms with E-state index < -0.39 is 10.0 Å². The number of benzene rings is 2. The van der Waals surface area contributed by atoms with E-state index >= 15 is 0 Å². The smallest absolute Gasteiger partial charge is 0.207 e. The first kappa shape index (κ1) is 18.7. The Morgan fingerprint density at radius 2 is 1.62 bits per heavy atom. The monoisotopic (exact) mass is 345 g/mol. The van der Waals surface area contributed by atoms with Gasteiger partial charge in [-0.05, 0) is 61.9 Å². The summed E-state index contributed by atoms with van der Waals surface area (Å²) in [6.07, 6.45) is 1.04. The van der Waals surface area contributed by atoms with E-state index in [-0.39, 0.29) is 6.04 Å². The summed E-state index contributed by atoms with van der Waals surface area (Å²) >= 11 is 0. The molecule has 0 bridgehead atoms. The van der Waals surface area contributed by atoms with Crippen LogP contribution in [-0.2, 0) is 10.0 Å². The summed E-state index contributed by atoms with van der Waals surface area (Å²) in [7, 11) is -3.54. The molecule has 0 spiro atoms. The Balaban J connectivity index is 2.23. The first-order chi connectivity index (χ1) is 11.2. The van der Waals surface area contributed by atoms with Gasteiger partial charge in [-0.15, -0.1) is 0 Å². The Kier molecular flexibility index (Phi) is 5.83. The van der Waals surface area contributed by atoms with E-state index in [1.54, 1.807) is 12.1 Å². The number of aryl methyl sites for hydroxylation is 2. The predicted octanol–water partition coefficient (Wildman–Crippen LogP) is 4.86. The van der Waals surface area contributed by atoms with Crippen LogP contribution in [0.1, 0.15) is 61.4 Å². The highest BCUT2D eigenvalue weighted by Gasteiger charge is 2.19. The Morgan fingerprint density at radius 3 is 2.21 bits per heavy atom. The van der Waals surface area contributed by atoms with Gasteiger partial charge in [0, 0.05) is 6.04 Å². The maximum absolute atomic E-state index is 12.7. The van der Waals surface area contributed by atoms with Crippen molar-refractivity contribution in [3.63, 3.8) is 0 Å². The molecule has 0 aromatic heterocycles. The first-order valence-corrected chi connectivity index (χ1v) is 9.92. The van der Waals surface area contributed by atoms with Gasteiger partial charge in [0.25, 0.3) is 0 Å². The van der Waals surface area contributed by atoms with Gasteiger partial charge >= 0.3 is 0 Å². The van der Waals surface area contributed by atoms with Crippen molar-refractivity contribution in [1.82, 2.24) is 4.72 Å². The summed E-state index contributed by atoms with van der Waals surface area (Å²) in [5.74, 6) is 0.434. The lowest BCUT2D eigenvalue weighted by atomic mass is 9.99. The molecule has 2 atom stereocenters. The Labute approximate surface area is 146 Å². The summed E-state index contributed by atoms with van der Waals surface area (Å²) in [6, 6.07) is 13.0. The van der Waals surface area contributed by atoms with Crippen molar-refractivity contribution in [2.45, 2.75) is 57.9 Å². The second kappa shape index (κ2) is 7.49. The van der Waals surface area contributed by atoms with Gasteiger partial charge in [-0.1, -0.05) is 49.7 Å². The van der Waals surface area contributed by atoms with E-state index in [0.717, 1.165) is 23.1 Å². The molecular weight excluding hydrogens is 318 g/mol. The zero-order valence-electron chi connectivity index (χ0n) is 15.1. The van der Waals surface area contributed by atoms with Gasteiger partial charge in [-0.25, -0.2) is 13.1 Å². The van der Waals surface area contributed by atoms with Crippen molar-refractivity contribution in [1.29, 1.82) is 0 Å². The molecule has 0 heterocycles. The van der Waals surface area contributed by atoms with Crippen LogP contribution in [0.15, 0.2) is 47.4 Å². The van der Waals surface area contributed by atoms with Gasteiger partial charge in [0.1, 0.15) is 0 Å². The van der Waals surface area contributed by atoms with Crippen LogP contribution < -0.4 is 4.72 Å². The average Bonchev–Trinajstić information content (AvgIpc) is 2.56. The van der Waals surface area contributed by atoms with Crippen LogP contribution in [-0.4, -0.2) is 8.42 Å². The number of nitrogens with one attached hydrogen (secondary N) is 1. The molecule has 24 heavy (non-hydrogen) atoms. The van der Waals surface area contributed by atoms with E-state index in [2.05, 4.69) is 18.6 Å². The second-order valence-electron chi connectivity index (χ2n) is 6.58. The third kappa shape index (κ3) is 4.25. The SMILES string of the molecule is CCC(C)c1ccc(S(=O)(=O)NC(C)c2cc(C)ccc2C)cc1. The summed E-state index contributed by atoms with van der Waals surface area (Å²) in [5.41, 5.74) is 4.39. The molecule has 0 fully saturated rings. The van der Waals surface area contributed by atoms with E-state index in [1.807, 2.05) is 51.1 Å². The van der Waals surface area contributed by atoms with E-state index in [1.165, 1.54) is 5.56 Å². The largest absolute Gasteiger partial charge is 0.241 e. The number of hydrogen-bond donors (Lipinski definition) is 1.